The van der Waals surface area contributed by atoms with Crippen molar-refractivity contribution in [3.63, 3.8) is 0 Å². The first kappa shape index (κ1) is 20.9. The fourth-order valence-corrected chi connectivity index (χ4v) is 6.34. The van der Waals surface area contributed by atoms with Gasteiger partial charge in [-0.05, 0) is 47.6 Å². The van der Waals surface area contributed by atoms with E-state index in [1.807, 2.05) is 0 Å². The minimum atomic E-state index is 0.790. The van der Waals surface area contributed by atoms with Gasteiger partial charge in [-0.1, -0.05) is 23.5 Å². The zero-order chi connectivity index (χ0) is 20.7. The zero-order valence-corrected chi connectivity index (χ0v) is 20.1. The van der Waals surface area contributed by atoms with Crippen LogP contribution in [0.15, 0.2) is 10.3 Å². The molecule has 0 amide bonds. The molecule has 0 radical (unpaired) electrons. The van der Waals surface area contributed by atoms with Gasteiger partial charge in [0.25, 0.3) is 0 Å². The number of nitrogens with zero attached hydrogens (tertiary/aromatic N) is 8. The summed E-state index contributed by atoms with van der Waals surface area (Å²) in [4.78, 5) is 6.80. The van der Waals surface area contributed by atoms with Gasteiger partial charge in [0.05, 0.1) is 5.39 Å². The van der Waals surface area contributed by atoms with Crippen molar-refractivity contribution in [2.24, 2.45) is 0 Å². The van der Waals surface area contributed by atoms with Crippen LogP contribution in [-0.2, 0) is 0 Å². The Bertz CT molecular complexity index is 1160. The smallest absolute Gasteiger partial charge is 0.245 e. The molecule has 0 aliphatic heterocycles. The molecular weight excluding hydrogens is 424 g/mol. The molecule has 4 rings (SSSR count). The van der Waals surface area contributed by atoms with Crippen LogP contribution >= 0.6 is 34.9 Å². The van der Waals surface area contributed by atoms with Crippen molar-refractivity contribution >= 4 is 56.5 Å². The quantitative estimate of drug-likeness (QED) is 0.380. The fraction of sp³-hybridized carbons (Fsp3) is 0.556. The highest BCUT2D eigenvalue weighted by Gasteiger charge is 2.22. The molecule has 0 spiro atoms. The number of hydrogen-bond acceptors (Lipinski definition) is 9. The van der Waals surface area contributed by atoms with Crippen LogP contribution in [-0.4, -0.2) is 91.8 Å². The number of rotatable bonds is 8. The first-order valence-electron chi connectivity index (χ1n) is 9.45. The number of hydrogen-bond donors (Lipinski definition) is 0. The first-order valence-corrected chi connectivity index (χ1v) is 12.2. The Morgan fingerprint density at radius 3 is 2.03 bits per heavy atom. The van der Waals surface area contributed by atoms with Gasteiger partial charge in [-0.15, -0.1) is 31.7 Å². The number of aryl methyl sites for hydroxylation is 2. The number of thioether (sulfide) groups is 2. The fourth-order valence-electron chi connectivity index (χ4n) is 3.05. The number of fused-ring (bicyclic) bond motifs is 6. The van der Waals surface area contributed by atoms with Gasteiger partial charge in [0.2, 0.25) is 5.78 Å². The predicted molar refractivity (Wildman–Crippen MR) is 123 cm³/mol. The zero-order valence-electron chi connectivity index (χ0n) is 17.6. The van der Waals surface area contributed by atoms with E-state index in [2.05, 4.69) is 81.0 Å². The second-order valence-electron chi connectivity index (χ2n) is 7.53. The highest BCUT2D eigenvalue weighted by atomic mass is 32.2. The highest BCUT2D eigenvalue weighted by molar-refractivity contribution is 7.99. The molecule has 4 heterocycles. The molecule has 0 aromatic carbocycles. The van der Waals surface area contributed by atoms with Crippen molar-refractivity contribution in [2.75, 3.05) is 52.8 Å². The molecule has 4 aromatic rings. The Balaban J connectivity index is 1.88. The summed E-state index contributed by atoms with van der Waals surface area (Å²) in [5.41, 5.74) is 2.13. The standard InChI is InChI=1S/C18H26N8S3/c1-11-12(2)29-15-13(11)14-19-21-17(27-9-7-23(3)4)25(14)16-20-22-18(26(15)16)28-10-8-24(5)6/h7-10H2,1-6H3. The van der Waals surface area contributed by atoms with E-state index < -0.39 is 0 Å². The van der Waals surface area contributed by atoms with Crippen molar-refractivity contribution in [1.82, 2.24) is 39.0 Å². The van der Waals surface area contributed by atoms with Crippen LogP contribution in [0.5, 0.6) is 0 Å². The average Bonchev–Trinajstić information content (AvgIpc) is 3.32. The monoisotopic (exact) mass is 450 g/mol. The Morgan fingerprint density at radius 2 is 1.41 bits per heavy atom. The Hall–Kier alpha value is -1.40. The Morgan fingerprint density at radius 1 is 0.828 bits per heavy atom. The molecular formula is C18H26N8S3. The summed E-state index contributed by atoms with van der Waals surface area (Å²) in [7, 11) is 8.34. The molecule has 0 saturated carbocycles. The summed E-state index contributed by atoms with van der Waals surface area (Å²) in [6.07, 6.45) is 0. The van der Waals surface area contributed by atoms with Gasteiger partial charge in [-0.3, -0.25) is 0 Å². The molecule has 0 saturated heterocycles. The summed E-state index contributed by atoms with van der Waals surface area (Å²) >= 11 is 5.23. The SMILES string of the molecule is Cc1sc2c(c1C)c1nnc(SCCN(C)C)n1c1nnc(SCCN(C)C)n21. The lowest BCUT2D eigenvalue weighted by atomic mass is 10.2. The summed E-state index contributed by atoms with van der Waals surface area (Å²) in [5.74, 6) is 2.69. The molecule has 4 aromatic heterocycles. The third-order valence-corrected chi connectivity index (χ3v) is 7.79. The van der Waals surface area contributed by atoms with E-state index in [1.54, 1.807) is 34.9 Å². The van der Waals surface area contributed by atoms with Crippen LogP contribution in [0.3, 0.4) is 0 Å². The maximum atomic E-state index is 4.55. The van der Waals surface area contributed by atoms with Crippen LogP contribution in [0.2, 0.25) is 0 Å². The van der Waals surface area contributed by atoms with E-state index in [4.69, 9.17) is 0 Å². The molecule has 0 unspecified atom stereocenters. The average molecular weight is 451 g/mol. The van der Waals surface area contributed by atoms with Crippen LogP contribution in [0.4, 0.5) is 0 Å². The van der Waals surface area contributed by atoms with Gasteiger partial charge in [-0.25, -0.2) is 8.80 Å². The Kier molecular flexibility index (Phi) is 6.03. The number of thiophene rings is 1. The van der Waals surface area contributed by atoms with Gasteiger partial charge in [-0.2, -0.15) is 0 Å². The van der Waals surface area contributed by atoms with E-state index in [0.29, 0.717) is 0 Å². The van der Waals surface area contributed by atoms with E-state index in [9.17, 15) is 0 Å². The van der Waals surface area contributed by atoms with Gasteiger partial charge in [0.1, 0.15) is 4.83 Å². The second kappa shape index (κ2) is 8.38. The lowest BCUT2D eigenvalue weighted by molar-refractivity contribution is 0.437. The van der Waals surface area contributed by atoms with E-state index in [-0.39, 0.29) is 0 Å². The molecule has 0 N–H and O–H groups in total. The molecule has 0 aliphatic rings. The molecule has 0 aliphatic carbocycles. The van der Waals surface area contributed by atoms with E-state index >= 15 is 0 Å². The van der Waals surface area contributed by atoms with Crippen molar-refractivity contribution in [2.45, 2.75) is 24.2 Å². The first-order chi connectivity index (χ1) is 13.9. The maximum absolute atomic E-state index is 4.55. The normalized spacial score (nSPS) is 12.6. The van der Waals surface area contributed by atoms with Crippen molar-refractivity contribution in [1.29, 1.82) is 0 Å². The molecule has 156 valence electrons. The highest BCUT2D eigenvalue weighted by Crippen LogP contribution is 2.36. The summed E-state index contributed by atoms with van der Waals surface area (Å²) in [5, 5.41) is 21.1. The lowest BCUT2D eigenvalue weighted by Gasteiger charge is -2.09. The lowest BCUT2D eigenvalue weighted by Crippen LogP contribution is -2.15. The van der Waals surface area contributed by atoms with Crippen LogP contribution in [0, 0.1) is 13.8 Å². The van der Waals surface area contributed by atoms with Crippen LogP contribution in [0.25, 0.3) is 21.6 Å². The molecule has 0 atom stereocenters. The summed E-state index contributed by atoms with van der Waals surface area (Å²) in [6.45, 7) is 6.30. The van der Waals surface area contributed by atoms with Gasteiger partial charge in [0.15, 0.2) is 16.0 Å². The molecule has 8 nitrogen and oxygen atoms in total. The third-order valence-electron chi connectivity index (χ3n) is 4.78. The maximum Gasteiger partial charge on any atom is 0.245 e. The van der Waals surface area contributed by atoms with Crippen molar-refractivity contribution in [3.05, 3.63) is 10.4 Å². The minimum absolute atomic E-state index is 0.790. The van der Waals surface area contributed by atoms with Gasteiger partial charge in [0, 0.05) is 29.5 Å². The minimum Gasteiger partial charge on any atom is -0.309 e. The van der Waals surface area contributed by atoms with Crippen molar-refractivity contribution in [3.8, 4) is 0 Å². The molecule has 0 fully saturated rings. The largest absolute Gasteiger partial charge is 0.309 e. The van der Waals surface area contributed by atoms with Crippen LogP contribution in [0.1, 0.15) is 10.4 Å². The topological polar surface area (TPSA) is 66.9 Å². The third kappa shape index (κ3) is 3.86. The Labute approximate surface area is 182 Å². The van der Waals surface area contributed by atoms with Crippen LogP contribution < -0.4 is 0 Å². The van der Waals surface area contributed by atoms with E-state index in [1.165, 1.54) is 10.4 Å². The molecule has 29 heavy (non-hydrogen) atoms. The predicted octanol–water partition coefficient (Wildman–Crippen LogP) is 2.91. The summed E-state index contributed by atoms with van der Waals surface area (Å²) < 4.78 is 4.26. The number of aromatic nitrogens is 6. The molecule has 0 bridgehead atoms. The summed E-state index contributed by atoms with van der Waals surface area (Å²) in [6, 6.07) is 0. The van der Waals surface area contributed by atoms with E-state index in [0.717, 1.165) is 56.5 Å². The van der Waals surface area contributed by atoms with Crippen molar-refractivity contribution < 1.29 is 0 Å². The van der Waals surface area contributed by atoms with Gasteiger partial charge >= 0.3 is 0 Å². The second-order valence-corrected chi connectivity index (χ2v) is 10.9. The van der Waals surface area contributed by atoms with Gasteiger partial charge < -0.3 is 9.80 Å². The molecule has 11 heteroatoms.